The number of hydrogen-bond acceptors (Lipinski definition) is 4. The number of nitriles is 1. The van der Waals surface area contributed by atoms with Crippen LogP contribution in [0.4, 0.5) is 5.69 Å². The van der Waals surface area contributed by atoms with Crippen LogP contribution in [-0.2, 0) is 6.54 Å². The summed E-state index contributed by atoms with van der Waals surface area (Å²) in [5.74, 6) is 0.0431. The average Bonchev–Trinajstić information content (AvgIpc) is 2.78. The zero-order valence-corrected chi connectivity index (χ0v) is 9.00. The molecule has 0 saturated carbocycles. The van der Waals surface area contributed by atoms with Gasteiger partial charge in [-0.3, -0.25) is 4.79 Å². The van der Waals surface area contributed by atoms with E-state index in [4.69, 9.17) is 11.0 Å². The van der Waals surface area contributed by atoms with Gasteiger partial charge >= 0.3 is 0 Å². The minimum atomic E-state index is -0.217. The largest absolute Gasteiger partial charge is 0.399 e. The number of imidazole rings is 1. The monoisotopic (exact) mass is 226 g/mol. The quantitative estimate of drug-likeness (QED) is 0.629. The predicted molar refractivity (Wildman–Crippen MR) is 62.1 cm³/mol. The first-order valence-corrected chi connectivity index (χ1v) is 5.00. The van der Waals surface area contributed by atoms with Crippen molar-refractivity contribution in [3.05, 3.63) is 48.0 Å². The molecule has 0 aliphatic rings. The van der Waals surface area contributed by atoms with Gasteiger partial charge in [-0.1, -0.05) is 0 Å². The fourth-order valence-electron chi connectivity index (χ4n) is 1.49. The second kappa shape index (κ2) is 4.49. The molecule has 84 valence electrons. The number of aromatic nitrogens is 2. The van der Waals surface area contributed by atoms with Crippen LogP contribution in [0, 0.1) is 11.3 Å². The van der Waals surface area contributed by atoms with Crippen molar-refractivity contribution in [3.8, 4) is 6.07 Å². The molecule has 1 aromatic carbocycles. The minimum absolute atomic E-state index is 0.107. The molecule has 0 unspecified atom stereocenters. The van der Waals surface area contributed by atoms with Gasteiger partial charge in [-0.15, -0.1) is 0 Å². The summed E-state index contributed by atoms with van der Waals surface area (Å²) in [4.78, 5) is 16.0. The van der Waals surface area contributed by atoms with Crippen LogP contribution in [0.1, 0.15) is 16.2 Å². The average molecular weight is 226 g/mol. The van der Waals surface area contributed by atoms with Crippen LogP contribution in [0.2, 0.25) is 0 Å². The lowest BCUT2D eigenvalue weighted by molar-refractivity contribution is 0.102. The van der Waals surface area contributed by atoms with E-state index in [2.05, 4.69) is 4.98 Å². The van der Waals surface area contributed by atoms with Crippen LogP contribution in [-0.4, -0.2) is 15.3 Å². The fraction of sp³-hybridized carbons (Fsp3) is 0.0833. The van der Waals surface area contributed by atoms with Crippen molar-refractivity contribution in [1.29, 1.82) is 5.26 Å². The summed E-state index contributed by atoms with van der Waals surface area (Å²) in [6, 6.07) is 8.58. The highest BCUT2D eigenvalue weighted by atomic mass is 16.1. The Morgan fingerprint density at radius 1 is 1.41 bits per heavy atom. The summed E-state index contributed by atoms with van der Waals surface area (Å²) in [6.07, 6.45) is 3.11. The molecule has 0 fully saturated rings. The number of anilines is 1. The SMILES string of the molecule is N#CCn1ccnc1C(=O)c1ccc(N)cc1. The third kappa shape index (κ3) is 2.16. The Morgan fingerprint density at radius 2 is 2.12 bits per heavy atom. The van der Waals surface area contributed by atoms with Crippen LogP contribution >= 0.6 is 0 Å². The van der Waals surface area contributed by atoms with Gasteiger partial charge in [-0.2, -0.15) is 5.26 Å². The molecule has 0 amide bonds. The summed E-state index contributed by atoms with van der Waals surface area (Å²) in [7, 11) is 0. The normalized spacial score (nSPS) is 9.82. The molecular weight excluding hydrogens is 216 g/mol. The molecule has 0 atom stereocenters. The number of rotatable bonds is 3. The van der Waals surface area contributed by atoms with E-state index in [1.54, 1.807) is 30.5 Å². The van der Waals surface area contributed by atoms with E-state index < -0.39 is 0 Å². The molecule has 1 heterocycles. The minimum Gasteiger partial charge on any atom is -0.399 e. The first kappa shape index (κ1) is 10.9. The number of nitrogens with zero attached hydrogens (tertiary/aromatic N) is 3. The second-order valence-corrected chi connectivity index (χ2v) is 3.49. The number of nitrogens with two attached hydrogens (primary N) is 1. The molecule has 2 rings (SSSR count). The Balaban J connectivity index is 2.34. The van der Waals surface area contributed by atoms with E-state index in [-0.39, 0.29) is 18.2 Å². The second-order valence-electron chi connectivity index (χ2n) is 3.49. The van der Waals surface area contributed by atoms with Gasteiger partial charge < -0.3 is 10.3 Å². The maximum atomic E-state index is 12.1. The van der Waals surface area contributed by atoms with E-state index in [1.165, 1.54) is 10.8 Å². The first-order chi connectivity index (χ1) is 8.22. The van der Waals surface area contributed by atoms with Gasteiger partial charge in [0.25, 0.3) is 0 Å². The van der Waals surface area contributed by atoms with Crippen LogP contribution in [0.5, 0.6) is 0 Å². The molecule has 0 bridgehead atoms. The van der Waals surface area contributed by atoms with Crippen LogP contribution in [0.25, 0.3) is 0 Å². The van der Waals surface area contributed by atoms with Crippen molar-refractivity contribution in [2.75, 3.05) is 5.73 Å². The lowest BCUT2D eigenvalue weighted by Crippen LogP contribution is -2.10. The van der Waals surface area contributed by atoms with Crippen LogP contribution in [0.15, 0.2) is 36.7 Å². The smallest absolute Gasteiger partial charge is 0.228 e. The Kier molecular flexibility index (Phi) is 2.88. The number of nitrogen functional groups attached to an aromatic ring is 1. The zero-order valence-electron chi connectivity index (χ0n) is 9.00. The Bertz CT molecular complexity index is 577. The standard InChI is InChI=1S/C12H10N4O/c13-5-7-16-8-6-15-12(16)11(17)9-1-3-10(14)4-2-9/h1-4,6,8H,7,14H2. The van der Waals surface area contributed by atoms with Crippen molar-refractivity contribution in [3.63, 3.8) is 0 Å². The highest BCUT2D eigenvalue weighted by molar-refractivity contribution is 6.06. The fourth-order valence-corrected chi connectivity index (χ4v) is 1.49. The zero-order chi connectivity index (χ0) is 12.3. The van der Waals surface area contributed by atoms with E-state index >= 15 is 0 Å². The molecular formula is C12H10N4O. The summed E-state index contributed by atoms with van der Waals surface area (Å²) in [5.41, 5.74) is 6.65. The van der Waals surface area contributed by atoms with Gasteiger partial charge in [0.15, 0.2) is 5.82 Å². The number of carbonyl (C=O) groups excluding carboxylic acids is 1. The van der Waals surface area contributed by atoms with E-state index in [0.29, 0.717) is 11.3 Å². The number of hydrogen-bond donors (Lipinski definition) is 1. The van der Waals surface area contributed by atoms with Crippen molar-refractivity contribution in [2.45, 2.75) is 6.54 Å². The maximum Gasteiger partial charge on any atom is 0.228 e. The molecule has 0 spiro atoms. The molecule has 2 aromatic rings. The van der Waals surface area contributed by atoms with Crippen LogP contribution < -0.4 is 5.73 Å². The molecule has 0 radical (unpaired) electrons. The summed E-state index contributed by atoms with van der Waals surface area (Å²) >= 11 is 0. The lowest BCUT2D eigenvalue weighted by Gasteiger charge is -2.03. The molecule has 1 aromatic heterocycles. The lowest BCUT2D eigenvalue weighted by atomic mass is 10.1. The Morgan fingerprint density at radius 3 is 2.76 bits per heavy atom. The van der Waals surface area contributed by atoms with Gasteiger partial charge in [-0.05, 0) is 24.3 Å². The molecule has 0 aliphatic heterocycles. The summed E-state index contributed by atoms with van der Waals surface area (Å²) < 4.78 is 1.51. The van der Waals surface area contributed by atoms with E-state index in [0.717, 1.165) is 0 Å². The summed E-state index contributed by atoms with van der Waals surface area (Å²) in [6.45, 7) is 0.107. The van der Waals surface area contributed by atoms with Gasteiger partial charge in [0.1, 0.15) is 6.54 Å². The molecule has 17 heavy (non-hydrogen) atoms. The Labute approximate surface area is 98.1 Å². The number of carbonyl (C=O) groups is 1. The van der Waals surface area contributed by atoms with E-state index in [1.807, 2.05) is 6.07 Å². The molecule has 0 saturated heterocycles. The number of ketones is 1. The maximum absolute atomic E-state index is 12.1. The van der Waals surface area contributed by atoms with Crippen molar-refractivity contribution < 1.29 is 4.79 Å². The number of benzene rings is 1. The van der Waals surface area contributed by atoms with Gasteiger partial charge in [0, 0.05) is 23.6 Å². The van der Waals surface area contributed by atoms with Crippen molar-refractivity contribution >= 4 is 11.5 Å². The van der Waals surface area contributed by atoms with E-state index in [9.17, 15) is 4.79 Å². The third-order valence-electron chi connectivity index (χ3n) is 2.33. The highest BCUT2D eigenvalue weighted by Crippen LogP contribution is 2.10. The molecule has 5 heteroatoms. The van der Waals surface area contributed by atoms with Crippen LogP contribution in [0.3, 0.4) is 0 Å². The highest BCUT2D eigenvalue weighted by Gasteiger charge is 2.14. The molecule has 2 N–H and O–H groups in total. The molecule has 5 nitrogen and oxygen atoms in total. The topological polar surface area (TPSA) is 84.7 Å². The van der Waals surface area contributed by atoms with Crippen molar-refractivity contribution in [2.24, 2.45) is 0 Å². The first-order valence-electron chi connectivity index (χ1n) is 5.00. The Hall–Kier alpha value is -2.61. The van der Waals surface area contributed by atoms with Gasteiger partial charge in [0.05, 0.1) is 6.07 Å². The molecule has 0 aliphatic carbocycles. The van der Waals surface area contributed by atoms with Crippen molar-refractivity contribution in [1.82, 2.24) is 9.55 Å². The van der Waals surface area contributed by atoms with Gasteiger partial charge in [-0.25, -0.2) is 4.98 Å². The third-order valence-corrected chi connectivity index (χ3v) is 2.33. The predicted octanol–water partition coefficient (Wildman–Crippen LogP) is 1.22. The summed E-state index contributed by atoms with van der Waals surface area (Å²) in [5, 5.41) is 8.62. The van der Waals surface area contributed by atoms with Gasteiger partial charge in [0.2, 0.25) is 5.78 Å².